The van der Waals surface area contributed by atoms with E-state index in [4.69, 9.17) is 14.2 Å². The van der Waals surface area contributed by atoms with Crippen molar-refractivity contribution in [3.8, 4) is 17.2 Å². The van der Waals surface area contributed by atoms with Gasteiger partial charge in [-0.2, -0.15) is 0 Å². The van der Waals surface area contributed by atoms with Crippen LogP contribution in [0.25, 0.3) is 0 Å². The molecule has 0 radical (unpaired) electrons. The van der Waals surface area contributed by atoms with Crippen molar-refractivity contribution in [2.45, 2.75) is 68.0 Å². The predicted molar refractivity (Wildman–Crippen MR) is 140 cm³/mol. The summed E-state index contributed by atoms with van der Waals surface area (Å²) < 4.78 is 16.7. The van der Waals surface area contributed by atoms with Gasteiger partial charge in [0.05, 0.1) is 41.5 Å². The fourth-order valence-corrected chi connectivity index (χ4v) is 7.07. The van der Waals surface area contributed by atoms with Crippen LogP contribution in [0.5, 0.6) is 17.2 Å². The van der Waals surface area contributed by atoms with Crippen LogP contribution in [0.4, 0.5) is 0 Å². The largest absolute Gasteiger partial charge is 0.507 e. The molecule has 0 saturated carbocycles. The third-order valence-electron chi connectivity index (χ3n) is 9.11. The molecule has 1 saturated heterocycles. The smallest absolute Gasteiger partial charge is 0.316 e. The summed E-state index contributed by atoms with van der Waals surface area (Å²) in [5.74, 6) is -5.77. The van der Waals surface area contributed by atoms with Gasteiger partial charge in [-0.1, -0.05) is 0 Å². The molecule has 13 nitrogen and oxygen atoms in total. The lowest BCUT2D eigenvalue weighted by molar-refractivity contribution is -0.311. The molecule has 0 amide bonds. The van der Waals surface area contributed by atoms with Gasteiger partial charge in [0.2, 0.25) is 12.1 Å². The van der Waals surface area contributed by atoms with Crippen molar-refractivity contribution >= 4 is 17.5 Å². The molecular formula is C29H31NO12. The first-order valence-corrected chi connectivity index (χ1v) is 13.3. The minimum Gasteiger partial charge on any atom is -0.507 e. The minimum absolute atomic E-state index is 0.0545. The summed E-state index contributed by atoms with van der Waals surface area (Å²) in [6, 6.07) is 1.44. The van der Waals surface area contributed by atoms with E-state index in [-0.39, 0.29) is 40.0 Å². The molecule has 2 bridgehead atoms. The molecule has 4 aliphatic rings. The number of aromatic hydroxyl groups is 2. The van der Waals surface area contributed by atoms with Crippen LogP contribution in [0.1, 0.15) is 80.8 Å². The van der Waals surface area contributed by atoms with E-state index in [2.05, 4.69) is 0 Å². The SMILES string of the molecule is COC(=O)[C@@H]1c2cc3c(c(O)c2[C@@H](O)C[C@]1(C)O)C(=O)c1c(O)cc2c(c1C3=O)O[C@@H]1O[C@@]2(C)[C@@H](O)[C@@H](N(C)C)[C@@H]1O. The number of hydrogen-bond donors (Lipinski definition) is 6. The number of fused-ring (bicyclic) bond motifs is 8. The number of rotatable bonds is 2. The first kappa shape index (κ1) is 28.5. The topological polar surface area (TPSA) is 204 Å². The average molecular weight is 586 g/mol. The van der Waals surface area contributed by atoms with Gasteiger partial charge >= 0.3 is 5.97 Å². The van der Waals surface area contributed by atoms with Crippen LogP contribution in [-0.4, -0.2) is 104 Å². The number of hydrogen-bond acceptors (Lipinski definition) is 13. The number of methoxy groups -OCH3 is 1. The highest BCUT2D eigenvalue weighted by molar-refractivity contribution is 6.31. The van der Waals surface area contributed by atoms with Crippen LogP contribution < -0.4 is 4.74 Å². The van der Waals surface area contributed by atoms with Crippen molar-refractivity contribution in [1.29, 1.82) is 0 Å². The van der Waals surface area contributed by atoms with Gasteiger partial charge in [-0.3, -0.25) is 14.4 Å². The zero-order valence-corrected chi connectivity index (χ0v) is 23.4. The van der Waals surface area contributed by atoms with E-state index in [1.807, 2.05) is 0 Å². The molecule has 1 fully saturated rings. The second-order valence-corrected chi connectivity index (χ2v) is 12.0. The molecule has 0 unspecified atom stereocenters. The summed E-state index contributed by atoms with van der Waals surface area (Å²) in [5.41, 5.74) is -5.43. The minimum atomic E-state index is -1.83. The summed E-state index contributed by atoms with van der Waals surface area (Å²) in [5, 5.41) is 66.5. The van der Waals surface area contributed by atoms with Gasteiger partial charge < -0.3 is 49.7 Å². The summed E-state index contributed by atoms with van der Waals surface area (Å²) in [7, 11) is 4.39. The van der Waals surface area contributed by atoms with Crippen LogP contribution in [0.2, 0.25) is 0 Å². The van der Waals surface area contributed by atoms with E-state index in [1.165, 1.54) is 13.8 Å². The maximum atomic E-state index is 14.2. The van der Waals surface area contributed by atoms with E-state index < -0.39 is 87.9 Å². The molecule has 2 aromatic rings. The lowest BCUT2D eigenvalue weighted by atomic mass is 9.68. The van der Waals surface area contributed by atoms with E-state index in [1.54, 1.807) is 19.0 Å². The Morgan fingerprint density at radius 2 is 1.71 bits per heavy atom. The molecule has 2 aromatic carbocycles. The molecule has 13 heteroatoms. The van der Waals surface area contributed by atoms with Gasteiger partial charge in [-0.05, 0) is 45.6 Å². The number of carbonyl (C=O) groups excluding carboxylic acids is 3. The number of nitrogens with zero attached hydrogens (tertiary/aromatic N) is 1. The number of ketones is 2. The van der Waals surface area contributed by atoms with Crippen LogP contribution in [0.15, 0.2) is 12.1 Å². The summed E-state index contributed by atoms with van der Waals surface area (Å²) in [6.07, 6.45) is -5.98. The summed E-state index contributed by atoms with van der Waals surface area (Å²) in [6.45, 7) is 2.81. The van der Waals surface area contributed by atoms with Crippen molar-refractivity contribution < 1.29 is 59.2 Å². The zero-order chi connectivity index (χ0) is 30.8. The second-order valence-electron chi connectivity index (χ2n) is 12.0. The Balaban J connectivity index is 1.60. The van der Waals surface area contributed by atoms with E-state index in [9.17, 15) is 45.0 Å². The summed E-state index contributed by atoms with van der Waals surface area (Å²) in [4.78, 5) is 42.4. The predicted octanol–water partition coefficient (Wildman–Crippen LogP) is -0.0662. The molecule has 8 atom stereocenters. The van der Waals surface area contributed by atoms with Gasteiger partial charge in [0.1, 0.15) is 41.0 Å². The van der Waals surface area contributed by atoms with Crippen LogP contribution in [-0.2, 0) is 19.9 Å². The number of esters is 1. The quantitative estimate of drug-likeness (QED) is 0.218. The number of ether oxygens (including phenoxy) is 3. The first-order valence-electron chi connectivity index (χ1n) is 13.3. The van der Waals surface area contributed by atoms with E-state index in [0.717, 1.165) is 19.2 Å². The Hall–Kier alpha value is -3.59. The highest BCUT2D eigenvalue weighted by atomic mass is 16.7. The van der Waals surface area contributed by atoms with Crippen molar-refractivity contribution in [1.82, 2.24) is 4.90 Å². The lowest BCUT2D eigenvalue weighted by Crippen LogP contribution is -2.68. The number of likely N-dealkylation sites (N-methyl/N-ethyl adjacent to an activating group) is 1. The Labute approximate surface area is 239 Å². The van der Waals surface area contributed by atoms with Crippen LogP contribution in [0.3, 0.4) is 0 Å². The monoisotopic (exact) mass is 585 g/mol. The van der Waals surface area contributed by atoms with Crippen LogP contribution >= 0.6 is 0 Å². The van der Waals surface area contributed by atoms with Gasteiger partial charge in [-0.25, -0.2) is 0 Å². The van der Waals surface area contributed by atoms with Crippen molar-refractivity contribution in [2.75, 3.05) is 21.2 Å². The first-order chi connectivity index (χ1) is 19.6. The van der Waals surface area contributed by atoms with E-state index in [0.29, 0.717) is 0 Å². The molecule has 0 spiro atoms. The highest BCUT2D eigenvalue weighted by Gasteiger charge is 2.59. The summed E-state index contributed by atoms with van der Waals surface area (Å²) >= 11 is 0. The zero-order valence-electron chi connectivity index (χ0n) is 23.4. The molecule has 0 aromatic heterocycles. The molecule has 42 heavy (non-hydrogen) atoms. The second kappa shape index (κ2) is 8.96. The highest BCUT2D eigenvalue weighted by Crippen LogP contribution is 2.55. The van der Waals surface area contributed by atoms with Crippen LogP contribution in [0, 0.1) is 0 Å². The number of carbonyl (C=O) groups is 3. The molecular weight excluding hydrogens is 554 g/mol. The number of aliphatic hydroxyl groups excluding tert-OH is 3. The molecule has 2 aliphatic heterocycles. The fourth-order valence-electron chi connectivity index (χ4n) is 7.07. The molecule has 6 rings (SSSR count). The van der Waals surface area contributed by atoms with Gasteiger partial charge in [-0.15, -0.1) is 0 Å². The molecule has 6 N–H and O–H groups in total. The Kier molecular flexibility index (Phi) is 6.08. The maximum absolute atomic E-state index is 14.2. The van der Waals surface area contributed by atoms with E-state index >= 15 is 0 Å². The molecule has 224 valence electrons. The number of aliphatic hydroxyl groups is 4. The number of benzene rings is 2. The normalized spacial score (nSPS) is 34.6. The fraction of sp³-hybridized carbons (Fsp3) is 0.483. The lowest BCUT2D eigenvalue weighted by Gasteiger charge is -2.53. The Morgan fingerprint density at radius 3 is 2.33 bits per heavy atom. The maximum Gasteiger partial charge on any atom is 0.316 e. The molecule has 2 heterocycles. The number of phenolic OH excluding ortho intramolecular Hbond substituents is 2. The average Bonchev–Trinajstić information content (AvgIpc) is 2.89. The van der Waals surface area contributed by atoms with Crippen molar-refractivity contribution in [2.24, 2.45) is 0 Å². The third kappa shape index (κ3) is 3.49. The third-order valence-corrected chi connectivity index (χ3v) is 9.11. The standard InChI is InChI=1S/C29H31NO12/c1-28(39)8-13(32)14-9(18(28)26(38)40-5)6-10-15(21(14)34)22(35)16-12(31)7-11-24(17(16)20(10)33)41-27-23(36)19(30(3)4)25(37)29(11,2)42-27/h6-7,13,18-19,23,25,27,31-32,34,36-37,39H,8H2,1-5H3/t13-,18-,19-,23-,25-,27+,28-,29+/m0/s1. The van der Waals surface area contributed by atoms with Gasteiger partial charge in [0.15, 0.2) is 5.78 Å². The van der Waals surface area contributed by atoms with Crippen molar-refractivity contribution in [3.05, 3.63) is 51.1 Å². The van der Waals surface area contributed by atoms with Crippen molar-refractivity contribution in [3.63, 3.8) is 0 Å². The Morgan fingerprint density at radius 1 is 1.05 bits per heavy atom. The Bertz CT molecular complexity index is 1580. The van der Waals surface area contributed by atoms with Gasteiger partial charge in [0.25, 0.3) is 0 Å². The number of phenols is 2. The van der Waals surface area contributed by atoms with Gasteiger partial charge in [0, 0.05) is 23.1 Å². The molecule has 2 aliphatic carbocycles.